The summed E-state index contributed by atoms with van der Waals surface area (Å²) in [5.74, 6) is 0.400. The predicted octanol–water partition coefficient (Wildman–Crippen LogP) is 4.92. The first-order valence-electron chi connectivity index (χ1n) is 9.42. The summed E-state index contributed by atoms with van der Waals surface area (Å²) in [5.41, 5.74) is 2.36. The molecule has 1 unspecified atom stereocenters. The van der Waals surface area contributed by atoms with Gasteiger partial charge in [-0.15, -0.1) is 0 Å². The summed E-state index contributed by atoms with van der Waals surface area (Å²) in [6.45, 7) is 5.78. The summed E-state index contributed by atoms with van der Waals surface area (Å²) in [4.78, 5) is 24.3. The molecule has 144 valence electrons. The third kappa shape index (κ3) is 7.13. The first kappa shape index (κ1) is 20.5. The zero-order valence-corrected chi connectivity index (χ0v) is 16.2. The Hall–Kier alpha value is -2.82. The van der Waals surface area contributed by atoms with E-state index in [0.29, 0.717) is 23.5 Å². The van der Waals surface area contributed by atoms with Gasteiger partial charge in [0.15, 0.2) is 6.10 Å². The van der Waals surface area contributed by atoms with Crippen LogP contribution in [0.3, 0.4) is 0 Å². The standard InChI is InChI=1S/C22H28N2O3/c1-4-5-6-13-21(25)23-18-10-8-11-19(15-18)24-22(26)17(3)27-20-12-7-9-16(2)14-20/h7-12,14-15,17H,4-6,13H2,1-3H3,(H,23,25)(H,24,26). The van der Waals surface area contributed by atoms with Gasteiger partial charge in [0.25, 0.3) is 5.91 Å². The molecule has 0 heterocycles. The fourth-order valence-electron chi connectivity index (χ4n) is 2.62. The smallest absolute Gasteiger partial charge is 0.265 e. The SMILES string of the molecule is CCCCCC(=O)Nc1cccc(NC(=O)C(C)Oc2cccc(C)c2)c1. The van der Waals surface area contributed by atoms with Crippen LogP contribution >= 0.6 is 0 Å². The zero-order chi connectivity index (χ0) is 19.6. The summed E-state index contributed by atoms with van der Waals surface area (Å²) in [5, 5.41) is 5.70. The number of amides is 2. The van der Waals surface area contributed by atoms with E-state index in [0.717, 1.165) is 24.8 Å². The average Bonchev–Trinajstić information content (AvgIpc) is 2.62. The molecule has 0 saturated carbocycles. The number of carbonyl (C=O) groups is 2. The Morgan fingerprint density at radius 3 is 2.41 bits per heavy atom. The van der Waals surface area contributed by atoms with Crippen LogP contribution in [0.25, 0.3) is 0 Å². The molecule has 2 amide bonds. The number of rotatable bonds is 9. The van der Waals surface area contributed by atoms with Crippen LogP contribution in [0.15, 0.2) is 48.5 Å². The lowest BCUT2D eigenvalue weighted by Gasteiger charge is -2.15. The Morgan fingerprint density at radius 1 is 1.00 bits per heavy atom. The van der Waals surface area contributed by atoms with Crippen LogP contribution in [0.4, 0.5) is 11.4 Å². The van der Waals surface area contributed by atoms with Gasteiger partial charge in [-0.1, -0.05) is 38.0 Å². The Morgan fingerprint density at radius 2 is 1.70 bits per heavy atom. The number of anilines is 2. The highest BCUT2D eigenvalue weighted by atomic mass is 16.5. The lowest BCUT2D eigenvalue weighted by Crippen LogP contribution is -2.30. The highest BCUT2D eigenvalue weighted by Crippen LogP contribution is 2.18. The molecule has 2 N–H and O–H groups in total. The third-order valence-corrected chi connectivity index (χ3v) is 4.09. The lowest BCUT2D eigenvalue weighted by atomic mass is 10.2. The second-order valence-corrected chi connectivity index (χ2v) is 6.65. The van der Waals surface area contributed by atoms with Gasteiger partial charge < -0.3 is 15.4 Å². The Kier molecular flexibility index (Phi) is 7.86. The Balaban J connectivity index is 1.90. The molecule has 0 fully saturated rings. The third-order valence-electron chi connectivity index (χ3n) is 4.09. The highest BCUT2D eigenvalue weighted by Gasteiger charge is 2.15. The van der Waals surface area contributed by atoms with Gasteiger partial charge in [0.2, 0.25) is 5.91 Å². The van der Waals surface area contributed by atoms with E-state index in [1.54, 1.807) is 31.2 Å². The largest absolute Gasteiger partial charge is 0.481 e. The summed E-state index contributed by atoms with van der Waals surface area (Å²) in [6, 6.07) is 14.7. The van der Waals surface area contributed by atoms with Crippen LogP contribution in [0.5, 0.6) is 5.75 Å². The van der Waals surface area contributed by atoms with Crippen molar-refractivity contribution in [3.63, 3.8) is 0 Å². The summed E-state index contributed by atoms with van der Waals surface area (Å²) in [7, 11) is 0. The first-order chi connectivity index (χ1) is 13.0. The maximum absolute atomic E-state index is 12.4. The van der Waals surface area contributed by atoms with E-state index < -0.39 is 6.10 Å². The fourth-order valence-corrected chi connectivity index (χ4v) is 2.62. The monoisotopic (exact) mass is 368 g/mol. The van der Waals surface area contributed by atoms with Crippen LogP contribution in [0.2, 0.25) is 0 Å². The number of benzene rings is 2. The number of carbonyl (C=O) groups excluding carboxylic acids is 2. The van der Waals surface area contributed by atoms with Crippen molar-refractivity contribution in [3.8, 4) is 5.75 Å². The van der Waals surface area contributed by atoms with Crippen molar-refractivity contribution in [1.29, 1.82) is 0 Å². The molecular formula is C22H28N2O3. The molecule has 0 saturated heterocycles. The summed E-state index contributed by atoms with van der Waals surface area (Å²) >= 11 is 0. The molecule has 1 atom stereocenters. The van der Waals surface area contributed by atoms with Crippen molar-refractivity contribution in [2.24, 2.45) is 0 Å². The number of unbranched alkanes of at least 4 members (excludes halogenated alkanes) is 2. The van der Waals surface area contributed by atoms with Crippen molar-refractivity contribution in [2.75, 3.05) is 10.6 Å². The zero-order valence-electron chi connectivity index (χ0n) is 16.2. The highest BCUT2D eigenvalue weighted by molar-refractivity contribution is 5.96. The van der Waals surface area contributed by atoms with E-state index in [1.165, 1.54) is 0 Å². The predicted molar refractivity (Wildman–Crippen MR) is 109 cm³/mol. The fraction of sp³-hybridized carbons (Fsp3) is 0.364. The van der Waals surface area contributed by atoms with E-state index in [4.69, 9.17) is 4.74 Å². The topological polar surface area (TPSA) is 67.4 Å². The summed E-state index contributed by atoms with van der Waals surface area (Å²) in [6.07, 6.45) is 2.87. The second kappa shape index (κ2) is 10.4. The van der Waals surface area contributed by atoms with Gasteiger partial charge in [0, 0.05) is 17.8 Å². The van der Waals surface area contributed by atoms with Crippen LogP contribution in [-0.2, 0) is 9.59 Å². The number of ether oxygens (including phenoxy) is 1. The van der Waals surface area contributed by atoms with Crippen LogP contribution in [0.1, 0.15) is 45.1 Å². The van der Waals surface area contributed by atoms with Crippen molar-refractivity contribution < 1.29 is 14.3 Å². The first-order valence-corrected chi connectivity index (χ1v) is 9.42. The van der Waals surface area contributed by atoms with Gasteiger partial charge in [-0.3, -0.25) is 9.59 Å². The number of hydrogen-bond acceptors (Lipinski definition) is 3. The number of hydrogen-bond donors (Lipinski definition) is 2. The lowest BCUT2D eigenvalue weighted by molar-refractivity contribution is -0.122. The molecule has 0 bridgehead atoms. The summed E-state index contributed by atoms with van der Waals surface area (Å²) < 4.78 is 5.70. The van der Waals surface area contributed by atoms with E-state index in [2.05, 4.69) is 17.6 Å². The van der Waals surface area contributed by atoms with Crippen molar-refractivity contribution in [3.05, 3.63) is 54.1 Å². The molecule has 0 aliphatic carbocycles. The molecular weight excluding hydrogens is 340 g/mol. The van der Waals surface area contributed by atoms with Gasteiger partial charge in [-0.25, -0.2) is 0 Å². The van der Waals surface area contributed by atoms with Gasteiger partial charge in [0.05, 0.1) is 0 Å². The Bertz CT molecular complexity index is 774. The van der Waals surface area contributed by atoms with Gasteiger partial charge in [-0.05, 0) is 56.2 Å². The maximum atomic E-state index is 12.4. The van der Waals surface area contributed by atoms with Crippen molar-refractivity contribution in [1.82, 2.24) is 0 Å². The molecule has 5 nitrogen and oxygen atoms in total. The molecule has 27 heavy (non-hydrogen) atoms. The second-order valence-electron chi connectivity index (χ2n) is 6.65. The van der Waals surface area contributed by atoms with Crippen molar-refractivity contribution >= 4 is 23.2 Å². The number of nitrogens with one attached hydrogen (secondary N) is 2. The average molecular weight is 368 g/mol. The molecule has 2 aromatic rings. The molecule has 2 rings (SSSR count). The molecule has 0 aromatic heterocycles. The Labute approximate surface area is 161 Å². The quantitative estimate of drug-likeness (QED) is 0.617. The molecule has 5 heteroatoms. The molecule has 0 spiro atoms. The van der Waals surface area contributed by atoms with Crippen LogP contribution in [-0.4, -0.2) is 17.9 Å². The van der Waals surface area contributed by atoms with Gasteiger partial charge >= 0.3 is 0 Å². The van der Waals surface area contributed by atoms with Gasteiger partial charge in [-0.2, -0.15) is 0 Å². The van der Waals surface area contributed by atoms with Crippen LogP contribution < -0.4 is 15.4 Å². The minimum Gasteiger partial charge on any atom is -0.481 e. The molecule has 0 aliphatic heterocycles. The van der Waals surface area contributed by atoms with Gasteiger partial charge in [0.1, 0.15) is 5.75 Å². The van der Waals surface area contributed by atoms with Crippen molar-refractivity contribution in [2.45, 2.75) is 52.6 Å². The molecule has 2 aromatic carbocycles. The minimum absolute atomic E-state index is 0.0110. The maximum Gasteiger partial charge on any atom is 0.265 e. The van der Waals surface area contributed by atoms with E-state index in [1.807, 2.05) is 31.2 Å². The number of aryl methyl sites for hydroxylation is 1. The van der Waals surface area contributed by atoms with Crippen LogP contribution in [0, 0.1) is 6.92 Å². The normalized spacial score (nSPS) is 11.5. The molecule has 0 radical (unpaired) electrons. The molecule has 0 aliphatic rings. The van der Waals surface area contributed by atoms with E-state index in [-0.39, 0.29) is 11.8 Å². The minimum atomic E-state index is -0.640. The van der Waals surface area contributed by atoms with E-state index >= 15 is 0 Å². The van der Waals surface area contributed by atoms with E-state index in [9.17, 15) is 9.59 Å².